The van der Waals surface area contributed by atoms with Crippen molar-refractivity contribution >= 4 is 9.84 Å². The number of aliphatic hydroxyl groups excluding tert-OH is 1. The molecule has 0 amide bonds. The van der Waals surface area contributed by atoms with Crippen molar-refractivity contribution in [1.82, 2.24) is 5.32 Å². The van der Waals surface area contributed by atoms with Gasteiger partial charge < -0.3 is 10.4 Å². The summed E-state index contributed by atoms with van der Waals surface area (Å²) >= 11 is 0. The standard InChI is InChI=1S/C12H16F3NO3S/c1-2-16-7-10(17)8-20(18,19)11-5-3-9(4-6-11)12(13,14)15/h3-6,10,16-17H,2,7-8H2,1H3. The van der Waals surface area contributed by atoms with Crippen LogP contribution in [-0.4, -0.2) is 38.5 Å². The van der Waals surface area contributed by atoms with E-state index in [1.54, 1.807) is 6.92 Å². The number of hydrogen-bond donors (Lipinski definition) is 2. The van der Waals surface area contributed by atoms with Gasteiger partial charge in [0.2, 0.25) is 0 Å². The van der Waals surface area contributed by atoms with Gasteiger partial charge in [-0.3, -0.25) is 0 Å². The number of halogens is 3. The summed E-state index contributed by atoms with van der Waals surface area (Å²) < 4.78 is 60.9. The smallest absolute Gasteiger partial charge is 0.391 e. The summed E-state index contributed by atoms with van der Waals surface area (Å²) in [7, 11) is -3.81. The Kier molecular flexibility index (Phi) is 5.55. The molecule has 1 aromatic carbocycles. The van der Waals surface area contributed by atoms with E-state index >= 15 is 0 Å². The van der Waals surface area contributed by atoms with E-state index in [0.29, 0.717) is 18.7 Å². The average molecular weight is 311 g/mol. The maximum Gasteiger partial charge on any atom is 0.416 e. The van der Waals surface area contributed by atoms with Gasteiger partial charge in [0, 0.05) is 6.54 Å². The van der Waals surface area contributed by atoms with E-state index in [-0.39, 0.29) is 11.4 Å². The average Bonchev–Trinajstić information content (AvgIpc) is 2.35. The predicted octanol–water partition coefficient (Wildman–Crippen LogP) is 1.45. The molecular weight excluding hydrogens is 295 g/mol. The van der Waals surface area contributed by atoms with Gasteiger partial charge >= 0.3 is 6.18 Å². The number of sulfone groups is 1. The van der Waals surface area contributed by atoms with Crippen molar-refractivity contribution in [3.05, 3.63) is 29.8 Å². The molecule has 0 saturated carbocycles. The fraction of sp³-hybridized carbons (Fsp3) is 0.500. The van der Waals surface area contributed by atoms with Crippen molar-refractivity contribution < 1.29 is 26.7 Å². The van der Waals surface area contributed by atoms with Crippen molar-refractivity contribution in [2.75, 3.05) is 18.8 Å². The zero-order valence-electron chi connectivity index (χ0n) is 10.8. The lowest BCUT2D eigenvalue weighted by Crippen LogP contribution is -2.32. The Bertz CT molecular complexity index is 526. The van der Waals surface area contributed by atoms with Crippen LogP contribution >= 0.6 is 0 Å². The highest BCUT2D eigenvalue weighted by atomic mass is 32.2. The Morgan fingerprint density at radius 3 is 2.25 bits per heavy atom. The van der Waals surface area contributed by atoms with Gasteiger partial charge in [-0.1, -0.05) is 6.92 Å². The van der Waals surface area contributed by atoms with E-state index in [1.807, 2.05) is 0 Å². The number of alkyl halides is 3. The Morgan fingerprint density at radius 1 is 1.25 bits per heavy atom. The van der Waals surface area contributed by atoms with E-state index in [0.717, 1.165) is 12.1 Å². The highest BCUT2D eigenvalue weighted by Crippen LogP contribution is 2.29. The largest absolute Gasteiger partial charge is 0.416 e. The molecule has 1 atom stereocenters. The summed E-state index contributed by atoms with van der Waals surface area (Å²) in [5.74, 6) is -0.536. The van der Waals surface area contributed by atoms with Gasteiger partial charge in [0.15, 0.2) is 9.84 Å². The van der Waals surface area contributed by atoms with Crippen molar-refractivity contribution in [3.63, 3.8) is 0 Å². The second-order valence-electron chi connectivity index (χ2n) is 4.27. The SMILES string of the molecule is CCNCC(O)CS(=O)(=O)c1ccc(C(F)(F)F)cc1. The van der Waals surface area contributed by atoms with Crippen LogP contribution < -0.4 is 5.32 Å². The molecule has 2 N–H and O–H groups in total. The third kappa shape index (κ3) is 4.77. The van der Waals surface area contributed by atoms with Gasteiger partial charge in [-0.15, -0.1) is 0 Å². The number of rotatable bonds is 6. The Labute approximate surface area is 115 Å². The normalized spacial score (nSPS) is 14.2. The van der Waals surface area contributed by atoms with Crippen molar-refractivity contribution in [2.45, 2.75) is 24.1 Å². The molecule has 20 heavy (non-hydrogen) atoms. The molecule has 0 aliphatic carbocycles. The van der Waals surface area contributed by atoms with Crippen LogP contribution in [0, 0.1) is 0 Å². The van der Waals surface area contributed by atoms with E-state index in [4.69, 9.17) is 0 Å². The summed E-state index contributed by atoms with van der Waals surface area (Å²) in [5.41, 5.74) is -0.912. The fourth-order valence-corrected chi connectivity index (χ4v) is 2.94. The molecule has 0 bridgehead atoms. The number of benzene rings is 1. The minimum absolute atomic E-state index is 0.108. The van der Waals surface area contributed by atoms with Crippen LogP contribution in [0.1, 0.15) is 12.5 Å². The minimum Gasteiger partial charge on any atom is -0.391 e. The molecule has 1 rings (SSSR count). The molecule has 8 heteroatoms. The monoisotopic (exact) mass is 311 g/mol. The summed E-state index contributed by atoms with van der Waals surface area (Å²) in [4.78, 5) is -0.235. The van der Waals surface area contributed by atoms with Crippen molar-refractivity contribution in [3.8, 4) is 0 Å². The number of aliphatic hydroxyl groups is 1. The Hall–Kier alpha value is -1.12. The maximum atomic E-state index is 12.4. The topological polar surface area (TPSA) is 66.4 Å². The van der Waals surface area contributed by atoms with Gasteiger partial charge in [0.1, 0.15) is 0 Å². The van der Waals surface area contributed by atoms with Crippen LogP contribution in [-0.2, 0) is 16.0 Å². The van der Waals surface area contributed by atoms with Crippen molar-refractivity contribution in [1.29, 1.82) is 0 Å². The summed E-state index contributed by atoms with van der Waals surface area (Å²) in [6, 6.07) is 3.23. The highest BCUT2D eigenvalue weighted by Gasteiger charge is 2.30. The third-order valence-electron chi connectivity index (χ3n) is 2.58. The number of nitrogens with one attached hydrogen (secondary N) is 1. The van der Waals surface area contributed by atoms with Gasteiger partial charge in [0.25, 0.3) is 0 Å². The molecule has 4 nitrogen and oxygen atoms in total. The molecule has 0 saturated heterocycles. The van der Waals surface area contributed by atoms with Crippen LogP contribution in [0.3, 0.4) is 0 Å². The first-order chi connectivity index (χ1) is 9.16. The van der Waals surface area contributed by atoms with E-state index < -0.39 is 33.4 Å². The molecule has 0 radical (unpaired) electrons. The third-order valence-corrected chi connectivity index (χ3v) is 4.40. The summed E-state index contributed by atoms with van der Waals surface area (Å²) in [6.45, 7) is 2.49. The first kappa shape index (κ1) is 16.9. The molecule has 0 aromatic heterocycles. The van der Waals surface area contributed by atoms with Crippen LogP contribution in [0.4, 0.5) is 13.2 Å². The van der Waals surface area contributed by atoms with E-state index in [9.17, 15) is 26.7 Å². The van der Waals surface area contributed by atoms with Gasteiger partial charge in [-0.25, -0.2) is 8.42 Å². The zero-order chi connectivity index (χ0) is 15.4. The molecule has 1 aromatic rings. The predicted molar refractivity (Wildman–Crippen MR) is 68.0 cm³/mol. The molecule has 0 aliphatic rings. The zero-order valence-corrected chi connectivity index (χ0v) is 11.6. The first-order valence-corrected chi connectivity index (χ1v) is 7.61. The number of hydrogen-bond acceptors (Lipinski definition) is 4. The van der Waals surface area contributed by atoms with Crippen LogP contribution in [0.15, 0.2) is 29.2 Å². The molecule has 0 heterocycles. The molecule has 1 unspecified atom stereocenters. The summed E-state index contributed by atoms with van der Waals surface area (Å²) in [5, 5.41) is 12.3. The summed E-state index contributed by atoms with van der Waals surface area (Å²) in [6.07, 6.45) is -5.62. The lowest BCUT2D eigenvalue weighted by Gasteiger charge is -2.12. The van der Waals surface area contributed by atoms with Crippen LogP contribution in [0.5, 0.6) is 0 Å². The van der Waals surface area contributed by atoms with Crippen LogP contribution in [0.25, 0.3) is 0 Å². The molecule has 0 fully saturated rings. The second-order valence-corrected chi connectivity index (χ2v) is 6.30. The Morgan fingerprint density at radius 2 is 1.80 bits per heavy atom. The molecule has 0 spiro atoms. The van der Waals surface area contributed by atoms with Gasteiger partial charge in [-0.2, -0.15) is 13.2 Å². The van der Waals surface area contributed by atoms with Gasteiger partial charge in [-0.05, 0) is 30.8 Å². The highest BCUT2D eigenvalue weighted by molar-refractivity contribution is 7.91. The van der Waals surface area contributed by atoms with Crippen LogP contribution in [0.2, 0.25) is 0 Å². The molecular formula is C12H16F3NO3S. The molecule has 0 aliphatic heterocycles. The quantitative estimate of drug-likeness (QED) is 0.834. The maximum absolute atomic E-state index is 12.4. The Balaban J connectivity index is 2.83. The van der Waals surface area contributed by atoms with E-state index in [2.05, 4.69) is 5.32 Å². The first-order valence-electron chi connectivity index (χ1n) is 5.95. The van der Waals surface area contributed by atoms with E-state index in [1.165, 1.54) is 0 Å². The van der Waals surface area contributed by atoms with Gasteiger partial charge in [0.05, 0.1) is 22.3 Å². The van der Waals surface area contributed by atoms with Crippen molar-refractivity contribution in [2.24, 2.45) is 0 Å². The number of likely N-dealkylation sites (N-methyl/N-ethyl adjacent to an activating group) is 1. The lowest BCUT2D eigenvalue weighted by atomic mass is 10.2. The molecule has 114 valence electrons. The second kappa shape index (κ2) is 6.55. The lowest BCUT2D eigenvalue weighted by molar-refractivity contribution is -0.137. The fourth-order valence-electron chi connectivity index (χ4n) is 1.57. The minimum atomic E-state index is -4.51.